The van der Waals surface area contributed by atoms with E-state index in [0.717, 1.165) is 24.3 Å². The van der Waals surface area contributed by atoms with E-state index >= 15 is 0 Å². The zero-order valence-electron chi connectivity index (χ0n) is 16.6. The van der Waals surface area contributed by atoms with Crippen LogP contribution in [-0.2, 0) is 14.3 Å². The molecule has 2 heterocycles. The highest BCUT2D eigenvalue weighted by atomic mass is 35.5. The molecule has 2 aliphatic rings. The number of carbonyl (C=O) groups excluding carboxylic acids is 2. The van der Waals surface area contributed by atoms with Crippen molar-refractivity contribution in [2.24, 2.45) is 10.9 Å². The standard InChI is InChI=1S/C22H23ClN4O3/c1-30-21(29)18-19(15-5-3-2-4-6-15)24-22(25-20(18)28)27-13-11-26(12-14-27)17-9-7-16(23)8-10-17/h2-10,18-19H,11-14H2,1H3,(H,24,25,28)/t18-,19-/m0/s1. The van der Waals surface area contributed by atoms with E-state index in [1.165, 1.54) is 7.11 Å². The van der Waals surface area contributed by atoms with Crippen molar-refractivity contribution in [3.63, 3.8) is 0 Å². The van der Waals surface area contributed by atoms with Crippen molar-refractivity contribution < 1.29 is 14.3 Å². The number of guanidine groups is 1. The van der Waals surface area contributed by atoms with Gasteiger partial charge in [0.05, 0.1) is 7.11 Å². The molecule has 156 valence electrons. The van der Waals surface area contributed by atoms with Crippen molar-refractivity contribution in [1.82, 2.24) is 10.2 Å². The normalized spacial score (nSPS) is 21.7. The van der Waals surface area contributed by atoms with Crippen molar-refractivity contribution in [3.05, 3.63) is 65.2 Å². The third-order valence-corrected chi connectivity index (χ3v) is 5.71. The highest BCUT2D eigenvalue weighted by molar-refractivity contribution is 6.30. The summed E-state index contributed by atoms with van der Waals surface area (Å²) in [5.74, 6) is -1.47. The molecule has 0 bridgehead atoms. The number of nitrogens with zero attached hydrogens (tertiary/aromatic N) is 3. The molecule has 0 saturated carbocycles. The van der Waals surface area contributed by atoms with Gasteiger partial charge in [-0.25, -0.2) is 4.99 Å². The van der Waals surface area contributed by atoms with Gasteiger partial charge in [0.15, 0.2) is 5.92 Å². The minimum atomic E-state index is -1.00. The van der Waals surface area contributed by atoms with Gasteiger partial charge in [-0.3, -0.25) is 14.9 Å². The van der Waals surface area contributed by atoms with E-state index in [4.69, 9.17) is 21.3 Å². The van der Waals surface area contributed by atoms with E-state index in [2.05, 4.69) is 10.2 Å². The number of methoxy groups -OCH3 is 1. The second kappa shape index (κ2) is 8.75. The van der Waals surface area contributed by atoms with Crippen molar-refractivity contribution in [3.8, 4) is 0 Å². The van der Waals surface area contributed by atoms with Crippen LogP contribution in [0.4, 0.5) is 5.69 Å². The average Bonchev–Trinajstić information content (AvgIpc) is 2.79. The fourth-order valence-electron chi connectivity index (χ4n) is 3.84. The number of amides is 1. The monoisotopic (exact) mass is 426 g/mol. The van der Waals surface area contributed by atoms with Gasteiger partial charge in [0.25, 0.3) is 0 Å². The lowest BCUT2D eigenvalue weighted by molar-refractivity contribution is -0.151. The first-order valence-electron chi connectivity index (χ1n) is 9.83. The molecule has 1 fully saturated rings. The van der Waals surface area contributed by atoms with Gasteiger partial charge < -0.3 is 14.5 Å². The van der Waals surface area contributed by atoms with Gasteiger partial charge in [0.1, 0.15) is 6.04 Å². The zero-order chi connectivity index (χ0) is 21.1. The highest BCUT2D eigenvalue weighted by Gasteiger charge is 2.41. The maximum atomic E-state index is 12.8. The average molecular weight is 427 g/mol. The minimum Gasteiger partial charge on any atom is -0.468 e. The molecule has 7 nitrogen and oxygen atoms in total. The number of nitrogens with one attached hydrogen (secondary N) is 1. The number of aliphatic imine (C=N–C) groups is 1. The second-order valence-electron chi connectivity index (χ2n) is 7.25. The number of piperazine rings is 1. The first-order valence-corrected chi connectivity index (χ1v) is 10.2. The Labute approximate surface area is 180 Å². The molecule has 30 heavy (non-hydrogen) atoms. The van der Waals surface area contributed by atoms with Crippen LogP contribution in [0.2, 0.25) is 5.02 Å². The molecule has 0 aromatic heterocycles. The van der Waals surface area contributed by atoms with Crippen LogP contribution in [0.3, 0.4) is 0 Å². The van der Waals surface area contributed by atoms with E-state index in [1.807, 2.05) is 59.5 Å². The summed E-state index contributed by atoms with van der Waals surface area (Å²) >= 11 is 5.98. The van der Waals surface area contributed by atoms with Crippen molar-refractivity contribution in [1.29, 1.82) is 0 Å². The smallest absolute Gasteiger partial charge is 0.320 e. The minimum absolute atomic E-state index is 0.388. The maximum absolute atomic E-state index is 12.8. The number of rotatable bonds is 3. The number of carbonyl (C=O) groups is 2. The predicted octanol–water partition coefficient (Wildman–Crippen LogP) is 2.48. The summed E-state index contributed by atoms with van der Waals surface area (Å²) in [7, 11) is 1.28. The molecular weight excluding hydrogens is 404 g/mol. The van der Waals surface area contributed by atoms with Gasteiger partial charge >= 0.3 is 5.97 Å². The number of hydrogen-bond donors (Lipinski definition) is 1. The Bertz CT molecular complexity index is 941. The molecule has 2 aliphatic heterocycles. The Balaban J connectivity index is 1.54. The fourth-order valence-corrected chi connectivity index (χ4v) is 3.97. The van der Waals surface area contributed by atoms with Gasteiger partial charge in [0, 0.05) is 36.9 Å². The molecule has 2 aromatic rings. The largest absolute Gasteiger partial charge is 0.468 e. The first-order chi connectivity index (χ1) is 14.6. The highest BCUT2D eigenvalue weighted by Crippen LogP contribution is 2.31. The number of hydrogen-bond acceptors (Lipinski definition) is 6. The van der Waals surface area contributed by atoms with Crippen LogP contribution in [0.15, 0.2) is 59.6 Å². The van der Waals surface area contributed by atoms with Gasteiger partial charge in [-0.2, -0.15) is 0 Å². The van der Waals surface area contributed by atoms with Gasteiger partial charge in [-0.05, 0) is 29.8 Å². The Morgan fingerprint density at radius 1 is 1.03 bits per heavy atom. The lowest BCUT2D eigenvalue weighted by atomic mass is 9.91. The van der Waals surface area contributed by atoms with Crippen molar-refractivity contribution in [2.75, 3.05) is 38.2 Å². The Morgan fingerprint density at radius 2 is 1.67 bits per heavy atom. The number of benzene rings is 2. The molecule has 1 saturated heterocycles. The van der Waals surface area contributed by atoms with Crippen LogP contribution in [0.5, 0.6) is 0 Å². The van der Waals surface area contributed by atoms with Crippen LogP contribution >= 0.6 is 11.6 Å². The van der Waals surface area contributed by atoms with E-state index in [0.29, 0.717) is 24.1 Å². The molecule has 1 N–H and O–H groups in total. The Morgan fingerprint density at radius 3 is 2.30 bits per heavy atom. The quantitative estimate of drug-likeness (QED) is 0.603. The number of ether oxygens (including phenoxy) is 1. The molecular formula is C22H23ClN4O3. The topological polar surface area (TPSA) is 74.2 Å². The van der Waals surface area contributed by atoms with E-state index in [9.17, 15) is 9.59 Å². The molecule has 0 aliphatic carbocycles. The summed E-state index contributed by atoms with van der Waals surface area (Å²) < 4.78 is 4.87. The summed E-state index contributed by atoms with van der Waals surface area (Å²) in [6.07, 6.45) is 0. The van der Waals surface area contributed by atoms with Crippen LogP contribution in [-0.4, -0.2) is 56.0 Å². The summed E-state index contributed by atoms with van der Waals surface area (Å²) in [4.78, 5) is 34.2. The van der Waals surface area contributed by atoms with Crippen LogP contribution in [0.1, 0.15) is 11.6 Å². The summed E-state index contributed by atoms with van der Waals surface area (Å²) in [5, 5.41) is 3.53. The molecule has 2 aromatic carbocycles. The number of esters is 1. The lowest BCUT2D eigenvalue weighted by Gasteiger charge is -2.39. The van der Waals surface area contributed by atoms with Crippen LogP contribution in [0, 0.1) is 5.92 Å². The molecule has 8 heteroatoms. The predicted molar refractivity (Wildman–Crippen MR) is 116 cm³/mol. The van der Waals surface area contributed by atoms with Crippen LogP contribution < -0.4 is 10.2 Å². The summed E-state index contributed by atoms with van der Waals surface area (Å²) in [6, 6.07) is 16.5. The third-order valence-electron chi connectivity index (χ3n) is 5.46. The van der Waals surface area contributed by atoms with E-state index in [-0.39, 0.29) is 5.91 Å². The zero-order valence-corrected chi connectivity index (χ0v) is 17.4. The number of halogens is 1. The maximum Gasteiger partial charge on any atom is 0.320 e. The van der Waals surface area contributed by atoms with E-state index < -0.39 is 17.9 Å². The summed E-state index contributed by atoms with van der Waals surface area (Å²) in [5.41, 5.74) is 1.92. The first kappa shape index (κ1) is 20.2. The molecule has 0 radical (unpaired) electrons. The Hall–Kier alpha value is -3.06. The van der Waals surface area contributed by atoms with Gasteiger partial charge in [-0.1, -0.05) is 41.9 Å². The third kappa shape index (κ3) is 4.11. The van der Waals surface area contributed by atoms with Crippen LogP contribution in [0.25, 0.3) is 0 Å². The van der Waals surface area contributed by atoms with E-state index in [1.54, 1.807) is 0 Å². The molecule has 2 atom stereocenters. The fraction of sp³-hybridized carbons (Fsp3) is 0.318. The summed E-state index contributed by atoms with van der Waals surface area (Å²) in [6.45, 7) is 2.97. The molecule has 0 spiro atoms. The Kier molecular flexibility index (Phi) is 5.90. The van der Waals surface area contributed by atoms with Gasteiger partial charge in [0.2, 0.25) is 11.9 Å². The molecule has 0 unspecified atom stereocenters. The second-order valence-corrected chi connectivity index (χ2v) is 7.69. The number of anilines is 1. The molecule has 1 amide bonds. The van der Waals surface area contributed by atoms with Crippen molar-refractivity contribution >= 4 is 35.1 Å². The lowest BCUT2D eigenvalue weighted by Crippen LogP contribution is -2.57. The van der Waals surface area contributed by atoms with Gasteiger partial charge in [-0.15, -0.1) is 0 Å². The SMILES string of the molecule is COC(=O)[C@@H]1C(=O)NC(N2CCN(c3ccc(Cl)cc3)CC2)=N[C@H]1c1ccccc1. The van der Waals surface area contributed by atoms with Crippen molar-refractivity contribution in [2.45, 2.75) is 6.04 Å². The molecule has 4 rings (SSSR count).